The minimum Gasteiger partial charge on any atom is -0.490 e. The molecule has 0 spiro atoms. The van der Waals surface area contributed by atoms with Gasteiger partial charge >= 0.3 is 0 Å². The van der Waals surface area contributed by atoms with Gasteiger partial charge in [-0.3, -0.25) is 4.79 Å². The minimum absolute atomic E-state index is 0.105. The molecule has 6 heteroatoms. The van der Waals surface area contributed by atoms with Crippen LogP contribution in [0.1, 0.15) is 31.7 Å². The lowest BCUT2D eigenvalue weighted by Crippen LogP contribution is -2.20. The van der Waals surface area contributed by atoms with Gasteiger partial charge in [0.15, 0.2) is 0 Å². The highest BCUT2D eigenvalue weighted by Crippen LogP contribution is 2.19. The van der Waals surface area contributed by atoms with Crippen molar-refractivity contribution in [2.75, 3.05) is 0 Å². The van der Waals surface area contributed by atoms with Gasteiger partial charge in [0, 0.05) is 10.0 Å². The first kappa shape index (κ1) is 18.3. The maximum absolute atomic E-state index is 12.8. The Balaban J connectivity index is 2.03. The number of hydrogen-bond acceptors (Lipinski definition) is 4. The molecule has 3 aromatic rings. The summed E-state index contributed by atoms with van der Waals surface area (Å²) in [6.45, 7) is 5.86. The maximum atomic E-state index is 12.8. The van der Waals surface area contributed by atoms with Crippen LogP contribution in [0.4, 0.5) is 0 Å². The molecule has 3 rings (SSSR count). The molecule has 2 aromatic carbocycles. The maximum Gasteiger partial charge on any atom is 0.282 e. The smallest absolute Gasteiger partial charge is 0.282 e. The second-order valence-electron chi connectivity index (χ2n) is 6.06. The van der Waals surface area contributed by atoms with Crippen LogP contribution in [0.25, 0.3) is 10.9 Å². The van der Waals surface area contributed by atoms with Crippen LogP contribution < -0.4 is 10.3 Å². The van der Waals surface area contributed by atoms with Gasteiger partial charge in [-0.2, -0.15) is 9.78 Å². The van der Waals surface area contributed by atoms with Gasteiger partial charge in [-0.05, 0) is 50.6 Å². The van der Waals surface area contributed by atoms with E-state index < -0.39 is 0 Å². The number of benzene rings is 2. The summed E-state index contributed by atoms with van der Waals surface area (Å²) < 4.78 is 8.07. The van der Waals surface area contributed by atoms with Crippen molar-refractivity contribution < 1.29 is 4.74 Å². The van der Waals surface area contributed by atoms with E-state index in [1.165, 1.54) is 4.68 Å². The number of rotatable bonds is 5. The predicted molar refractivity (Wildman–Crippen MR) is 108 cm³/mol. The molecule has 0 aliphatic carbocycles. The lowest BCUT2D eigenvalue weighted by Gasteiger charge is -2.14. The molecule has 0 aliphatic rings. The van der Waals surface area contributed by atoms with Gasteiger partial charge in [0.2, 0.25) is 0 Å². The molecule has 0 bridgehead atoms. The molecule has 0 radical (unpaired) electrons. The molecule has 26 heavy (non-hydrogen) atoms. The quantitative estimate of drug-likeness (QED) is 0.577. The fourth-order valence-electron chi connectivity index (χ4n) is 2.51. The Labute approximate surface area is 160 Å². The lowest BCUT2D eigenvalue weighted by atomic mass is 10.2. The second-order valence-corrected chi connectivity index (χ2v) is 6.97. The number of aromatic nitrogens is 2. The van der Waals surface area contributed by atoms with E-state index in [2.05, 4.69) is 32.9 Å². The predicted octanol–water partition coefficient (Wildman–Crippen LogP) is 4.53. The first-order valence-corrected chi connectivity index (χ1v) is 9.28. The third-order valence-corrected chi connectivity index (χ3v) is 4.60. The summed E-state index contributed by atoms with van der Waals surface area (Å²) in [5.41, 5.74) is 1.27. The van der Waals surface area contributed by atoms with E-state index in [-0.39, 0.29) is 11.7 Å². The average molecular weight is 414 g/mol. The van der Waals surface area contributed by atoms with Crippen molar-refractivity contribution in [2.24, 2.45) is 5.10 Å². The van der Waals surface area contributed by atoms with Crippen LogP contribution >= 0.6 is 15.9 Å². The van der Waals surface area contributed by atoms with Crippen LogP contribution in [0, 0.1) is 6.92 Å². The number of ether oxygens (including phenoxy) is 1. The third-order valence-electron chi connectivity index (χ3n) is 4.10. The van der Waals surface area contributed by atoms with Gasteiger partial charge in [-0.15, -0.1) is 0 Å². The number of fused-ring (bicyclic) bond motifs is 1. The monoisotopic (exact) mass is 413 g/mol. The van der Waals surface area contributed by atoms with Gasteiger partial charge in [0.1, 0.15) is 11.6 Å². The Morgan fingerprint density at radius 1 is 1.31 bits per heavy atom. The SMILES string of the molecule is CC[C@H](C)Oc1ccccc1C=Nn1c(C)nc2ccc(Br)cc2c1=O. The molecule has 0 saturated carbocycles. The van der Waals surface area contributed by atoms with Crippen LogP contribution in [0.15, 0.2) is 56.8 Å². The van der Waals surface area contributed by atoms with E-state index in [0.29, 0.717) is 16.7 Å². The average Bonchev–Trinajstić information content (AvgIpc) is 2.63. The highest BCUT2D eigenvalue weighted by atomic mass is 79.9. The van der Waals surface area contributed by atoms with Crippen molar-refractivity contribution in [3.8, 4) is 5.75 Å². The highest BCUT2D eigenvalue weighted by Gasteiger charge is 2.09. The largest absolute Gasteiger partial charge is 0.490 e. The zero-order chi connectivity index (χ0) is 18.7. The number of para-hydroxylation sites is 1. The molecular formula is C20H20BrN3O2. The summed E-state index contributed by atoms with van der Waals surface area (Å²) in [7, 11) is 0. The highest BCUT2D eigenvalue weighted by molar-refractivity contribution is 9.10. The summed E-state index contributed by atoms with van der Waals surface area (Å²) in [6.07, 6.45) is 2.65. The molecule has 0 unspecified atom stereocenters. The van der Waals surface area contributed by atoms with Gasteiger partial charge in [-0.25, -0.2) is 4.98 Å². The van der Waals surface area contributed by atoms with Crippen LogP contribution in [0.2, 0.25) is 0 Å². The fraction of sp³-hybridized carbons (Fsp3) is 0.250. The van der Waals surface area contributed by atoms with Crippen LogP contribution in [0.3, 0.4) is 0 Å². The molecular weight excluding hydrogens is 394 g/mol. The Kier molecular flexibility index (Phi) is 5.52. The van der Waals surface area contributed by atoms with E-state index in [1.54, 1.807) is 19.2 Å². The van der Waals surface area contributed by atoms with Crippen LogP contribution in [-0.4, -0.2) is 22.0 Å². The summed E-state index contributed by atoms with van der Waals surface area (Å²) in [6, 6.07) is 13.1. The Morgan fingerprint density at radius 3 is 2.85 bits per heavy atom. The Morgan fingerprint density at radius 2 is 2.08 bits per heavy atom. The minimum atomic E-state index is -0.203. The number of hydrogen-bond donors (Lipinski definition) is 0. The molecule has 5 nitrogen and oxygen atoms in total. The van der Waals surface area contributed by atoms with Crippen molar-refractivity contribution in [2.45, 2.75) is 33.3 Å². The van der Waals surface area contributed by atoms with Crippen LogP contribution in [0.5, 0.6) is 5.75 Å². The molecule has 134 valence electrons. The zero-order valence-electron chi connectivity index (χ0n) is 14.9. The molecule has 0 amide bonds. The summed E-state index contributed by atoms with van der Waals surface area (Å²) >= 11 is 3.39. The molecule has 1 heterocycles. The van der Waals surface area contributed by atoms with Crippen molar-refractivity contribution in [3.63, 3.8) is 0 Å². The molecule has 0 saturated heterocycles. The second kappa shape index (κ2) is 7.83. The molecule has 0 fully saturated rings. The summed E-state index contributed by atoms with van der Waals surface area (Å²) in [5.74, 6) is 1.27. The summed E-state index contributed by atoms with van der Waals surface area (Å²) in [4.78, 5) is 17.3. The van der Waals surface area contributed by atoms with Crippen molar-refractivity contribution >= 4 is 33.0 Å². The Hall–Kier alpha value is -2.47. The zero-order valence-corrected chi connectivity index (χ0v) is 16.5. The topological polar surface area (TPSA) is 56.5 Å². The Bertz CT molecular complexity index is 1030. The normalized spacial score (nSPS) is 12.6. The van der Waals surface area contributed by atoms with E-state index in [0.717, 1.165) is 22.2 Å². The number of nitrogens with zero attached hydrogens (tertiary/aromatic N) is 3. The standard InChI is InChI=1S/C20H20BrN3O2/c1-4-13(2)26-19-8-6-5-7-15(19)12-22-24-14(3)23-18-10-9-16(21)11-17(18)20(24)25/h5-13H,4H2,1-3H3/t13-/m0/s1. The first-order valence-electron chi connectivity index (χ1n) is 8.48. The van der Waals surface area contributed by atoms with Crippen molar-refractivity contribution in [1.29, 1.82) is 0 Å². The fourth-order valence-corrected chi connectivity index (χ4v) is 2.87. The van der Waals surface area contributed by atoms with Gasteiger partial charge < -0.3 is 4.74 Å². The number of aryl methyl sites for hydroxylation is 1. The first-order chi connectivity index (χ1) is 12.5. The molecule has 1 atom stereocenters. The van der Waals surface area contributed by atoms with E-state index in [1.807, 2.05) is 43.3 Å². The van der Waals surface area contributed by atoms with E-state index in [4.69, 9.17) is 4.74 Å². The molecule has 1 aromatic heterocycles. The lowest BCUT2D eigenvalue weighted by molar-refractivity contribution is 0.217. The van der Waals surface area contributed by atoms with Crippen molar-refractivity contribution in [3.05, 3.63) is 68.7 Å². The molecule has 0 aliphatic heterocycles. The van der Waals surface area contributed by atoms with Gasteiger partial charge in [0.25, 0.3) is 5.56 Å². The van der Waals surface area contributed by atoms with E-state index in [9.17, 15) is 4.79 Å². The van der Waals surface area contributed by atoms with Crippen LogP contribution in [-0.2, 0) is 0 Å². The summed E-state index contributed by atoms with van der Waals surface area (Å²) in [5, 5.41) is 4.89. The molecule has 0 N–H and O–H groups in total. The number of halogens is 1. The van der Waals surface area contributed by atoms with Gasteiger partial charge in [0.05, 0.1) is 23.2 Å². The third kappa shape index (κ3) is 3.85. The van der Waals surface area contributed by atoms with Gasteiger partial charge in [-0.1, -0.05) is 35.0 Å². The van der Waals surface area contributed by atoms with Crippen molar-refractivity contribution in [1.82, 2.24) is 9.66 Å². The van der Waals surface area contributed by atoms with E-state index >= 15 is 0 Å².